The predicted octanol–water partition coefficient (Wildman–Crippen LogP) is 4.61. The number of fused-ring (bicyclic) bond motifs is 3. The van der Waals surface area contributed by atoms with E-state index in [1.54, 1.807) is 0 Å². The second kappa shape index (κ2) is 5.94. The average Bonchev–Trinajstić information content (AvgIpc) is 2.50. The molecule has 0 aromatic rings. The minimum absolute atomic E-state index is 0.943. The highest BCUT2D eigenvalue weighted by Gasteiger charge is 2.45. The molecular weight excluding hydrogens is 218 g/mol. The van der Waals surface area contributed by atoms with Crippen LogP contribution in [-0.2, 0) is 0 Å². The smallest absolute Gasteiger partial charge is 0.0127 e. The van der Waals surface area contributed by atoms with Gasteiger partial charge in [0.15, 0.2) is 0 Å². The maximum Gasteiger partial charge on any atom is 0.0127 e. The van der Waals surface area contributed by atoms with Gasteiger partial charge in [-0.15, -0.1) is 0 Å². The summed E-state index contributed by atoms with van der Waals surface area (Å²) in [5.74, 6) is 2.11. The Morgan fingerprint density at radius 1 is 0.556 bits per heavy atom. The molecule has 2 aliphatic carbocycles. The van der Waals surface area contributed by atoms with Crippen LogP contribution in [0.15, 0.2) is 0 Å². The maximum absolute atomic E-state index is 2.83. The Morgan fingerprint density at radius 2 is 0.944 bits per heavy atom. The quantitative estimate of drug-likeness (QED) is 0.606. The zero-order valence-corrected chi connectivity index (χ0v) is 12.2. The highest BCUT2D eigenvalue weighted by Crippen LogP contribution is 2.45. The van der Waals surface area contributed by atoms with Crippen molar-refractivity contribution in [2.24, 2.45) is 11.8 Å². The summed E-state index contributed by atoms with van der Waals surface area (Å²) in [6.45, 7) is 0. The summed E-state index contributed by atoms with van der Waals surface area (Å²) in [5.41, 5.74) is 0. The van der Waals surface area contributed by atoms with Crippen molar-refractivity contribution in [1.29, 1.82) is 0 Å². The van der Waals surface area contributed by atoms with E-state index in [0.717, 1.165) is 23.9 Å². The molecule has 104 valence electrons. The molecule has 0 aromatic carbocycles. The third kappa shape index (κ3) is 2.48. The van der Waals surface area contributed by atoms with E-state index in [1.165, 1.54) is 77.0 Å². The van der Waals surface area contributed by atoms with Crippen LogP contribution >= 0.6 is 0 Å². The summed E-state index contributed by atoms with van der Waals surface area (Å²) in [7, 11) is 2.45. The van der Waals surface area contributed by atoms with Crippen molar-refractivity contribution >= 4 is 0 Å². The molecule has 1 saturated heterocycles. The van der Waals surface area contributed by atoms with Crippen LogP contribution in [0.5, 0.6) is 0 Å². The van der Waals surface area contributed by atoms with E-state index in [-0.39, 0.29) is 0 Å². The average molecular weight is 249 g/mol. The zero-order chi connectivity index (χ0) is 12.4. The maximum atomic E-state index is 2.83. The largest absolute Gasteiger partial charge is 0.300 e. The summed E-state index contributed by atoms with van der Waals surface area (Å²) < 4.78 is 0. The van der Waals surface area contributed by atoms with Crippen molar-refractivity contribution in [3.8, 4) is 0 Å². The standard InChI is InChI=1S/C17H31N/c1-18-16-12-8-4-2-6-10-14(16)15-11-7-3-5-9-13-17(15)18/h14-17H,2-13H2,1H3. The Labute approximate surface area is 113 Å². The van der Waals surface area contributed by atoms with Crippen LogP contribution in [0.3, 0.4) is 0 Å². The highest BCUT2D eigenvalue weighted by atomic mass is 15.2. The zero-order valence-electron chi connectivity index (χ0n) is 12.2. The van der Waals surface area contributed by atoms with E-state index >= 15 is 0 Å². The monoisotopic (exact) mass is 249 g/mol. The predicted molar refractivity (Wildman–Crippen MR) is 77.7 cm³/mol. The lowest BCUT2D eigenvalue weighted by Crippen LogP contribution is -2.35. The Bertz CT molecular complexity index is 236. The van der Waals surface area contributed by atoms with Crippen LogP contribution < -0.4 is 0 Å². The highest BCUT2D eigenvalue weighted by molar-refractivity contribution is 4.99. The Hall–Kier alpha value is -0.0400. The SMILES string of the molecule is CN1C2CCCCCCC2C2CCCCCCC21. The molecule has 4 atom stereocenters. The molecule has 1 aliphatic heterocycles. The van der Waals surface area contributed by atoms with Crippen molar-refractivity contribution in [1.82, 2.24) is 4.90 Å². The fourth-order valence-corrected chi connectivity index (χ4v) is 5.24. The van der Waals surface area contributed by atoms with Gasteiger partial charge in [0, 0.05) is 12.1 Å². The van der Waals surface area contributed by atoms with Crippen molar-refractivity contribution in [2.75, 3.05) is 7.05 Å². The molecule has 0 aromatic heterocycles. The lowest BCUT2D eigenvalue weighted by molar-refractivity contribution is 0.186. The molecule has 3 aliphatic rings. The van der Waals surface area contributed by atoms with Gasteiger partial charge in [-0.1, -0.05) is 51.4 Å². The van der Waals surface area contributed by atoms with Gasteiger partial charge < -0.3 is 0 Å². The molecular formula is C17H31N. The van der Waals surface area contributed by atoms with Gasteiger partial charge in [-0.2, -0.15) is 0 Å². The van der Waals surface area contributed by atoms with Gasteiger partial charge in [-0.3, -0.25) is 4.90 Å². The first-order chi connectivity index (χ1) is 8.88. The summed E-state index contributed by atoms with van der Waals surface area (Å²) in [6, 6.07) is 1.89. The molecule has 1 heterocycles. The van der Waals surface area contributed by atoms with Gasteiger partial charge in [0.05, 0.1) is 0 Å². The number of hydrogen-bond donors (Lipinski definition) is 0. The molecule has 1 heteroatoms. The minimum atomic E-state index is 0.943. The second-order valence-electron chi connectivity index (χ2n) is 7.11. The van der Waals surface area contributed by atoms with Crippen LogP contribution in [-0.4, -0.2) is 24.0 Å². The molecule has 2 saturated carbocycles. The van der Waals surface area contributed by atoms with Gasteiger partial charge in [-0.25, -0.2) is 0 Å². The number of rotatable bonds is 0. The molecule has 0 radical (unpaired) electrons. The van der Waals surface area contributed by atoms with E-state index in [9.17, 15) is 0 Å². The molecule has 0 N–H and O–H groups in total. The van der Waals surface area contributed by atoms with E-state index in [2.05, 4.69) is 11.9 Å². The van der Waals surface area contributed by atoms with Crippen LogP contribution in [0.1, 0.15) is 77.0 Å². The Balaban J connectivity index is 1.76. The molecule has 18 heavy (non-hydrogen) atoms. The van der Waals surface area contributed by atoms with Crippen LogP contribution in [0.2, 0.25) is 0 Å². The molecule has 1 nitrogen and oxygen atoms in total. The number of hydrogen-bond acceptors (Lipinski definition) is 1. The van der Waals surface area contributed by atoms with Gasteiger partial charge in [0.2, 0.25) is 0 Å². The first-order valence-corrected chi connectivity index (χ1v) is 8.60. The molecule has 0 spiro atoms. The summed E-state index contributed by atoms with van der Waals surface area (Å²) in [4.78, 5) is 2.83. The number of likely N-dealkylation sites (tertiary alicyclic amines) is 1. The normalized spacial score (nSPS) is 43.2. The van der Waals surface area contributed by atoms with E-state index < -0.39 is 0 Å². The van der Waals surface area contributed by atoms with Crippen LogP contribution in [0, 0.1) is 11.8 Å². The second-order valence-corrected chi connectivity index (χ2v) is 7.11. The molecule has 3 rings (SSSR count). The lowest BCUT2D eigenvalue weighted by Gasteiger charge is -2.29. The topological polar surface area (TPSA) is 3.24 Å². The first kappa shape index (κ1) is 13.0. The third-order valence-corrected chi connectivity index (χ3v) is 6.16. The fraction of sp³-hybridized carbons (Fsp3) is 1.00. The summed E-state index contributed by atoms with van der Waals surface area (Å²) in [5, 5.41) is 0. The van der Waals surface area contributed by atoms with E-state index in [0.29, 0.717) is 0 Å². The van der Waals surface area contributed by atoms with E-state index in [1.807, 2.05) is 0 Å². The summed E-state index contributed by atoms with van der Waals surface area (Å²) >= 11 is 0. The van der Waals surface area contributed by atoms with Crippen molar-refractivity contribution < 1.29 is 0 Å². The molecule has 4 unspecified atom stereocenters. The Kier molecular flexibility index (Phi) is 4.28. The van der Waals surface area contributed by atoms with Gasteiger partial charge >= 0.3 is 0 Å². The number of nitrogens with zero attached hydrogens (tertiary/aromatic N) is 1. The molecule has 3 fully saturated rings. The molecule has 0 bridgehead atoms. The Morgan fingerprint density at radius 3 is 1.39 bits per heavy atom. The van der Waals surface area contributed by atoms with Gasteiger partial charge in [-0.05, 0) is 44.6 Å². The lowest BCUT2D eigenvalue weighted by atomic mass is 9.76. The first-order valence-electron chi connectivity index (χ1n) is 8.60. The van der Waals surface area contributed by atoms with Crippen molar-refractivity contribution in [3.05, 3.63) is 0 Å². The summed E-state index contributed by atoms with van der Waals surface area (Å²) in [6.07, 6.45) is 18.1. The van der Waals surface area contributed by atoms with Gasteiger partial charge in [0.25, 0.3) is 0 Å². The van der Waals surface area contributed by atoms with Crippen molar-refractivity contribution in [3.63, 3.8) is 0 Å². The van der Waals surface area contributed by atoms with Crippen LogP contribution in [0.4, 0.5) is 0 Å². The minimum Gasteiger partial charge on any atom is -0.300 e. The molecule has 0 amide bonds. The van der Waals surface area contributed by atoms with Crippen LogP contribution in [0.25, 0.3) is 0 Å². The fourth-order valence-electron chi connectivity index (χ4n) is 5.24. The van der Waals surface area contributed by atoms with Gasteiger partial charge in [0.1, 0.15) is 0 Å². The van der Waals surface area contributed by atoms with Crippen molar-refractivity contribution in [2.45, 2.75) is 89.1 Å². The van der Waals surface area contributed by atoms with E-state index in [4.69, 9.17) is 0 Å². The third-order valence-electron chi connectivity index (χ3n) is 6.16.